The van der Waals surface area contributed by atoms with Crippen LogP contribution in [0.4, 0.5) is 5.13 Å². The van der Waals surface area contributed by atoms with E-state index >= 15 is 0 Å². The lowest BCUT2D eigenvalue weighted by Crippen LogP contribution is -2.33. The summed E-state index contributed by atoms with van der Waals surface area (Å²) in [5.41, 5.74) is 1.40. The highest BCUT2D eigenvalue weighted by molar-refractivity contribution is 7.15. The van der Waals surface area contributed by atoms with Gasteiger partial charge in [-0.25, -0.2) is 4.98 Å². The average molecular weight is 279 g/mol. The zero-order valence-corrected chi connectivity index (χ0v) is 12.9. The average Bonchev–Trinajstić information content (AvgIpc) is 3.21. The Morgan fingerprint density at radius 3 is 2.58 bits per heavy atom. The van der Waals surface area contributed by atoms with Gasteiger partial charge in [0, 0.05) is 30.4 Å². The van der Waals surface area contributed by atoms with Gasteiger partial charge >= 0.3 is 0 Å². The first-order valence-corrected chi connectivity index (χ1v) is 8.52. The van der Waals surface area contributed by atoms with Crippen LogP contribution in [-0.2, 0) is 6.54 Å². The van der Waals surface area contributed by atoms with Crippen molar-refractivity contribution in [2.75, 3.05) is 25.0 Å². The zero-order chi connectivity index (χ0) is 13.2. The fourth-order valence-electron chi connectivity index (χ4n) is 2.98. The van der Waals surface area contributed by atoms with Crippen LogP contribution in [0.3, 0.4) is 0 Å². The highest BCUT2D eigenvalue weighted by Crippen LogP contribution is 2.44. The number of hydrogen-bond acceptors (Lipinski definition) is 4. The van der Waals surface area contributed by atoms with Crippen LogP contribution in [0.2, 0.25) is 0 Å². The Balaban J connectivity index is 1.72. The predicted octanol–water partition coefficient (Wildman–Crippen LogP) is 3.37. The van der Waals surface area contributed by atoms with E-state index in [0.717, 1.165) is 18.4 Å². The number of anilines is 1. The summed E-state index contributed by atoms with van der Waals surface area (Å²) in [4.78, 5) is 8.96. The molecule has 0 spiro atoms. The van der Waals surface area contributed by atoms with Crippen molar-refractivity contribution >= 4 is 16.5 Å². The molecule has 0 amide bonds. The summed E-state index contributed by atoms with van der Waals surface area (Å²) in [5.74, 6) is 1.71. The summed E-state index contributed by atoms with van der Waals surface area (Å²) in [6.45, 7) is 5.71. The van der Waals surface area contributed by atoms with Gasteiger partial charge in [-0.1, -0.05) is 13.3 Å². The maximum Gasteiger partial charge on any atom is 0.185 e. The lowest BCUT2D eigenvalue weighted by atomic mass is 9.95. The van der Waals surface area contributed by atoms with E-state index in [-0.39, 0.29) is 0 Å². The molecule has 4 heteroatoms. The van der Waals surface area contributed by atoms with E-state index < -0.39 is 0 Å². The van der Waals surface area contributed by atoms with E-state index in [4.69, 9.17) is 4.98 Å². The minimum absolute atomic E-state index is 0.765. The van der Waals surface area contributed by atoms with Crippen molar-refractivity contribution < 1.29 is 0 Å². The molecular formula is C15H25N3S. The normalized spacial score (nSPS) is 21.1. The first-order chi connectivity index (χ1) is 9.31. The van der Waals surface area contributed by atoms with Crippen LogP contribution in [0.25, 0.3) is 0 Å². The topological polar surface area (TPSA) is 28.2 Å². The second-order valence-corrected chi connectivity index (χ2v) is 7.01. The number of nitrogens with one attached hydrogen (secondary N) is 1. The third kappa shape index (κ3) is 2.95. The Labute approximate surface area is 120 Å². The van der Waals surface area contributed by atoms with Crippen molar-refractivity contribution in [2.45, 2.75) is 51.5 Å². The number of thiazole rings is 1. The predicted molar refractivity (Wildman–Crippen MR) is 82.1 cm³/mol. The van der Waals surface area contributed by atoms with Gasteiger partial charge in [-0.3, -0.25) is 0 Å². The molecule has 1 aliphatic carbocycles. The molecule has 1 aromatic rings. The molecule has 2 aliphatic rings. The molecule has 1 N–H and O–H groups in total. The Hall–Kier alpha value is -0.610. The lowest BCUT2D eigenvalue weighted by Gasteiger charge is -2.31. The molecule has 1 aromatic heterocycles. The van der Waals surface area contributed by atoms with Crippen molar-refractivity contribution in [1.82, 2.24) is 10.3 Å². The summed E-state index contributed by atoms with van der Waals surface area (Å²) in [6.07, 6.45) is 6.71. The van der Waals surface area contributed by atoms with E-state index in [2.05, 4.69) is 17.1 Å². The third-order valence-electron chi connectivity index (χ3n) is 4.48. The highest BCUT2D eigenvalue weighted by Gasteiger charge is 2.30. The summed E-state index contributed by atoms with van der Waals surface area (Å²) in [6, 6.07) is 0. The number of rotatable bonds is 5. The van der Waals surface area contributed by atoms with Crippen molar-refractivity contribution in [3.05, 3.63) is 10.6 Å². The van der Waals surface area contributed by atoms with Gasteiger partial charge in [-0.2, -0.15) is 0 Å². The van der Waals surface area contributed by atoms with Crippen LogP contribution in [0, 0.1) is 5.92 Å². The third-order valence-corrected chi connectivity index (χ3v) is 5.61. The van der Waals surface area contributed by atoms with Crippen LogP contribution in [-0.4, -0.2) is 25.1 Å². The second-order valence-electron chi connectivity index (χ2n) is 5.95. The highest BCUT2D eigenvalue weighted by atomic mass is 32.1. The van der Waals surface area contributed by atoms with Crippen LogP contribution < -0.4 is 10.2 Å². The van der Waals surface area contributed by atoms with Gasteiger partial charge in [0.05, 0.1) is 5.69 Å². The van der Waals surface area contributed by atoms with Crippen LogP contribution in [0.15, 0.2) is 0 Å². The molecule has 0 radical (unpaired) electrons. The van der Waals surface area contributed by atoms with Gasteiger partial charge in [0.2, 0.25) is 0 Å². The molecule has 106 valence electrons. The van der Waals surface area contributed by atoms with E-state index in [0.29, 0.717) is 0 Å². The number of piperidine rings is 1. The summed E-state index contributed by atoms with van der Waals surface area (Å²) in [7, 11) is 2.03. The quantitative estimate of drug-likeness (QED) is 0.895. The first-order valence-electron chi connectivity index (χ1n) is 7.71. The minimum Gasteiger partial charge on any atom is -0.348 e. The molecule has 3 nitrogen and oxygen atoms in total. The first kappa shape index (κ1) is 13.4. The molecule has 0 unspecified atom stereocenters. The van der Waals surface area contributed by atoms with Crippen LogP contribution >= 0.6 is 11.3 Å². The van der Waals surface area contributed by atoms with E-state index in [9.17, 15) is 0 Å². The summed E-state index contributed by atoms with van der Waals surface area (Å²) in [5, 5.41) is 4.57. The Bertz CT molecular complexity index is 417. The molecule has 2 heterocycles. The lowest BCUT2D eigenvalue weighted by molar-refractivity contribution is 0.395. The monoisotopic (exact) mass is 279 g/mol. The zero-order valence-electron chi connectivity index (χ0n) is 12.1. The largest absolute Gasteiger partial charge is 0.348 e. The molecule has 19 heavy (non-hydrogen) atoms. The van der Waals surface area contributed by atoms with Crippen molar-refractivity contribution in [3.63, 3.8) is 0 Å². The summed E-state index contributed by atoms with van der Waals surface area (Å²) < 4.78 is 0. The van der Waals surface area contributed by atoms with Gasteiger partial charge < -0.3 is 10.2 Å². The van der Waals surface area contributed by atoms with E-state index in [1.165, 1.54) is 60.9 Å². The fraction of sp³-hybridized carbons (Fsp3) is 0.800. The van der Waals surface area contributed by atoms with Crippen molar-refractivity contribution in [3.8, 4) is 0 Å². The van der Waals surface area contributed by atoms with Gasteiger partial charge in [0.1, 0.15) is 0 Å². The Morgan fingerprint density at radius 2 is 2.00 bits per heavy atom. The second kappa shape index (κ2) is 5.80. The fourth-order valence-corrected chi connectivity index (χ4v) is 4.19. The molecule has 0 atom stereocenters. The van der Waals surface area contributed by atoms with Crippen molar-refractivity contribution in [2.24, 2.45) is 5.92 Å². The van der Waals surface area contributed by atoms with Gasteiger partial charge in [0.15, 0.2) is 5.13 Å². The molecular weight excluding hydrogens is 254 g/mol. The van der Waals surface area contributed by atoms with E-state index in [1.807, 2.05) is 18.4 Å². The minimum atomic E-state index is 0.765. The van der Waals surface area contributed by atoms with Gasteiger partial charge in [0.25, 0.3) is 0 Å². The van der Waals surface area contributed by atoms with Gasteiger partial charge in [-0.15, -0.1) is 11.3 Å². The summed E-state index contributed by atoms with van der Waals surface area (Å²) >= 11 is 1.92. The Morgan fingerprint density at radius 1 is 1.26 bits per heavy atom. The maximum absolute atomic E-state index is 4.97. The molecule has 0 aromatic carbocycles. The molecule has 2 fully saturated rings. The Kier molecular flexibility index (Phi) is 4.08. The molecule has 1 aliphatic heterocycles. The smallest absolute Gasteiger partial charge is 0.185 e. The number of nitrogens with zero attached hydrogens (tertiary/aromatic N) is 2. The molecule has 3 rings (SSSR count). The number of hydrogen-bond donors (Lipinski definition) is 1. The molecule has 1 saturated heterocycles. The van der Waals surface area contributed by atoms with Gasteiger partial charge in [-0.05, 0) is 38.6 Å². The molecule has 0 bridgehead atoms. The number of aromatic nitrogens is 1. The van der Waals surface area contributed by atoms with Crippen LogP contribution in [0.1, 0.15) is 55.5 Å². The van der Waals surface area contributed by atoms with Crippen molar-refractivity contribution in [1.29, 1.82) is 0 Å². The van der Waals surface area contributed by atoms with E-state index in [1.54, 1.807) is 0 Å². The standard InChI is InChI=1S/C15H25N3S/c1-3-11-6-8-18(9-7-11)15-17-14(12-4-5-12)13(19-15)10-16-2/h11-12,16H,3-10H2,1-2H3. The molecule has 1 saturated carbocycles. The SMILES string of the molecule is CCC1CCN(c2nc(C3CC3)c(CNC)s2)CC1. The maximum atomic E-state index is 4.97. The van der Waals surface area contributed by atoms with Crippen LogP contribution in [0.5, 0.6) is 0 Å².